The molecule has 0 radical (unpaired) electrons. The predicted molar refractivity (Wildman–Crippen MR) is 100 cm³/mol. The summed E-state index contributed by atoms with van der Waals surface area (Å²) in [4.78, 5) is 26.2. The summed E-state index contributed by atoms with van der Waals surface area (Å²) in [7, 11) is 1.47. The molecule has 1 unspecified atom stereocenters. The summed E-state index contributed by atoms with van der Waals surface area (Å²) in [6.07, 6.45) is 2.09. The van der Waals surface area contributed by atoms with Crippen molar-refractivity contribution in [2.24, 2.45) is 5.41 Å². The molecule has 1 aromatic rings. The first-order valence-corrected chi connectivity index (χ1v) is 9.38. The van der Waals surface area contributed by atoms with Gasteiger partial charge in [-0.2, -0.15) is 0 Å². The highest BCUT2D eigenvalue weighted by Crippen LogP contribution is 2.34. The van der Waals surface area contributed by atoms with Crippen LogP contribution in [-0.2, 0) is 9.53 Å². The van der Waals surface area contributed by atoms with E-state index in [2.05, 4.69) is 0 Å². The fourth-order valence-corrected chi connectivity index (χ4v) is 3.16. The Morgan fingerprint density at radius 3 is 2.41 bits per heavy atom. The Morgan fingerprint density at radius 1 is 1.15 bits per heavy atom. The van der Waals surface area contributed by atoms with Gasteiger partial charge in [-0.1, -0.05) is 13.8 Å². The number of carbonyl (C=O) groups excluding carboxylic acids is 1. The molecule has 1 aromatic carbocycles. The maximum Gasteiger partial charge on any atom is 0.313 e. The highest BCUT2D eigenvalue weighted by molar-refractivity contribution is 5.95. The molecule has 150 valence electrons. The Morgan fingerprint density at radius 2 is 1.81 bits per heavy atom. The molecule has 1 saturated heterocycles. The van der Waals surface area contributed by atoms with E-state index in [-0.39, 0.29) is 19.1 Å². The van der Waals surface area contributed by atoms with Gasteiger partial charge in [0.15, 0.2) is 11.5 Å². The number of benzene rings is 1. The van der Waals surface area contributed by atoms with Gasteiger partial charge in [-0.3, -0.25) is 9.59 Å². The van der Waals surface area contributed by atoms with E-state index in [0.29, 0.717) is 43.2 Å². The normalized spacial score (nSPS) is 19.1. The third kappa shape index (κ3) is 4.91. The zero-order valence-corrected chi connectivity index (χ0v) is 16.3. The second-order valence-corrected chi connectivity index (χ2v) is 6.85. The van der Waals surface area contributed by atoms with Crippen LogP contribution in [0.1, 0.15) is 43.5 Å². The molecule has 0 aromatic heterocycles. The van der Waals surface area contributed by atoms with E-state index in [0.717, 1.165) is 12.8 Å². The van der Waals surface area contributed by atoms with Gasteiger partial charge in [-0.15, -0.1) is 0 Å². The number of aliphatic carboxylic acids is 1. The van der Waals surface area contributed by atoms with Gasteiger partial charge in [-0.05, 0) is 37.5 Å². The molecule has 7 heteroatoms. The topological polar surface area (TPSA) is 85.3 Å². The number of ether oxygens (including phenoxy) is 3. The maximum absolute atomic E-state index is 12.9. The lowest BCUT2D eigenvalue weighted by Crippen LogP contribution is -2.40. The molecule has 7 nitrogen and oxygen atoms in total. The third-order valence-electron chi connectivity index (χ3n) is 4.63. The quantitative estimate of drug-likeness (QED) is 0.673. The SMILES string of the molecule is CCCOc1ccc(C(=O)N2CCC(COC)(C(=O)O)C2)cc1OCCC. The molecule has 1 heterocycles. The third-order valence-corrected chi connectivity index (χ3v) is 4.63. The fraction of sp³-hybridized carbons (Fsp3) is 0.600. The average Bonchev–Trinajstić information content (AvgIpc) is 3.10. The zero-order valence-electron chi connectivity index (χ0n) is 16.3. The minimum Gasteiger partial charge on any atom is -0.490 e. The number of methoxy groups -OCH3 is 1. The van der Waals surface area contributed by atoms with Crippen LogP contribution in [0.15, 0.2) is 18.2 Å². The molecule has 1 aliphatic heterocycles. The molecular formula is C20H29NO6. The van der Waals surface area contributed by atoms with Crippen LogP contribution in [0, 0.1) is 5.41 Å². The van der Waals surface area contributed by atoms with E-state index in [1.54, 1.807) is 23.1 Å². The van der Waals surface area contributed by atoms with Gasteiger partial charge in [0, 0.05) is 25.8 Å². The first kappa shape index (κ1) is 21.0. The van der Waals surface area contributed by atoms with Crippen molar-refractivity contribution in [2.45, 2.75) is 33.1 Å². The summed E-state index contributed by atoms with van der Waals surface area (Å²) in [5.74, 6) is 0.00632. The largest absolute Gasteiger partial charge is 0.490 e. The van der Waals surface area contributed by atoms with Gasteiger partial charge in [0.05, 0.1) is 19.8 Å². The molecule has 27 heavy (non-hydrogen) atoms. The summed E-state index contributed by atoms with van der Waals surface area (Å²) in [5.41, 5.74) is -0.584. The Kier molecular flexibility index (Phi) is 7.47. The Balaban J connectivity index is 2.19. The summed E-state index contributed by atoms with van der Waals surface area (Å²) in [6.45, 7) is 5.72. The van der Waals surface area contributed by atoms with Crippen LogP contribution in [0.5, 0.6) is 11.5 Å². The summed E-state index contributed by atoms with van der Waals surface area (Å²) in [6, 6.07) is 5.12. The molecule has 1 aliphatic rings. The number of carboxylic acids is 1. The lowest BCUT2D eigenvalue weighted by atomic mass is 9.88. The van der Waals surface area contributed by atoms with Crippen LogP contribution in [0.2, 0.25) is 0 Å². The van der Waals surface area contributed by atoms with Crippen LogP contribution in [0.4, 0.5) is 0 Å². The molecular weight excluding hydrogens is 350 g/mol. The van der Waals surface area contributed by atoms with Crippen molar-refractivity contribution in [1.82, 2.24) is 4.90 Å². The van der Waals surface area contributed by atoms with Gasteiger partial charge in [-0.25, -0.2) is 0 Å². The molecule has 1 amide bonds. The first-order valence-electron chi connectivity index (χ1n) is 9.38. The minimum absolute atomic E-state index is 0.0841. The van der Waals surface area contributed by atoms with Crippen LogP contribution in [0.3, 0.4) is 0 Å². The van der Waals surface area contributed by atoms with Crippen molar-refractivity contribution in [3.8, 4) is 11.5 Å². The van der Waals surface area contributed by atoms with Gasteiger partial charge in [0.25, 0.3) is 5.91 Å². The average molecular weight is 379 g/mol. The molecule has 0 aliphatic carbocycles. The molecule has 1 N–H and O–H groups in total. The highest BCUT2D eigenvalue weighted by Gasteiger charge is 2.46. The number of amides is 1. The smallest absolute Gasteiger partial charge is 0.313 e. The number of hydrogen-bond acceptors (Lipinski definition) is 5. The molecule has 1 fully saturated rings. The summed E-state index contributed by atoms with van der Waals surface area (Å²) >= 11 is 0. The van der Waals surface area contributed by atoms with Crippen molar-refractivity contribution in [1.29, 1.82) is 0 Å². The Bertz CT molecular complexity index is 662. The fourth-order valence-electron chi connectivity index (χ4n) is 3.16. The number of nitrogens with zero attached hydrogens (tertiary/aromatic N) is 1. The summed E-state index contributed by atoms with van der Waals surface area (Å²) in [5, 5.41) is 9.57. The van der Waals surface area contributed by atoms with E-state index < -0.39 is 11.4 Å². The Hall–Kier alpha value is -2.28. The van der Waals surface area contributed by atoms with Gasteiger partial charge in [0.2, 0.25) is 0 Å². The second kappa shape index (κ2) is 9.60. The van der Waals surface area contributed by atoms with Crippen LogP contribution >= 0.6 is 0 Å². The minimum atomic E-state index is -1.05. The lowest BCUT2D eigenvalue weighted by molar-refractivity contribution is -0.151. The monoisotopic (exact) mass is 379 g/mol. The number of likely N-dealkylation sites (tertiary alicyclic amines) is 1. The van der Waals surface area contributed by atoms with Gasteiger partial charge in [0.1, 0.15) is 5.41 Å². The van der Waals surface area contributed by atoms with E-state index in [1.807, 2.05) is 13.8 Å². The number of hydrogen-bond donors (Lipinski definition) is 1. The first-order chi connectivity index (χ1) is 13.0. The lowest BCUT2D eigenvalue weighted by Gasteiger charge is -2.24. The van der Waals surface area contributed by atoms with E-state index in [4.69, 9.17) is 14.2 Å². The molecule has 0 bridgehead atoms. The number of carbonyl (C=O) groups is 2. The second-order valence-electron chi connectivity index (χ2n) is 6.85. The molecule has 0 spiro atoms. The molecule has 1 atom stereocenters. The predicted octanol–water partition coefficient (Wildman–Crippen LogP) is 2.83. The summed E-state index contributed by atoms with van der Waals surface area (Å²) < 4.78 is 16.5. The van der Waals surface area contributed by atoms with Crippen molar-refractivity contribution in [2.75, 3.05) is 40.0 Å². The number of rotatable bonds is 10. The van der Waals surface area contributed by atoms with Gasteiger partial charge >= 0.3 is 5.97 Å². The highest BCUT2D eigenvalue weighted by atomic mass is 16.5. The van der Waals surface area contributed by atoms with E-state index >= 15 is 0 Å². The van der Waals surface area contributed by atoms with Crippen LogP contribution in [-0.4, -0.2) is 61.9 Å². The molecule has 0 saturated carbocycles. The van der Waals surface area contributed by atoms with Crippen molar-refractivity contribution < 1.29 is 28.9 Å². The van der Waals surface area contributed by atoms with Crippen molar-refractivity contribution in [3.05, 3.63) is 23.8 Å². The van der Waals surface area contributed by atoms with Gasteiger partial charge < -0.3 is 24.2 Å². The number of carboxylic acid groups (broad SMARTS) is 1. The van der Waals surface area contributed by atoms with E-state index in [9.17, 15) is 14.7 Å². The standard InChI is InChI=1S/C20H29NO6/c1-4-10-26-16-7-6-15(12-17(16)27-11-5-2)18(22)21-9-8-20(13-21,14-25-3)19(23)24/h6-7,12H,4-5,8-11,13-14H2,1-3H3,(H,23,24). The Labute approximate surface area is 160 Å². The van der Waals surface area contributed by atoms with Crippen LogP contribution < -0.4 is 9.47 Å². The van der Waals surface area contributed by atoms with Crippen molar-refractivity contribution in [3.63, 3.8) is 0 Å². The van der Waals surface area contributed by atoms with E-state index in [1.165, 1.54) is 7.11 Å². The maximum atomic E-state index is 12.9. The molecule has 2 rings (SSSR count). The van der Waals surface area contributed by atoms with Crippen molar-refractivity contribution >= 4 is 11.9 Å². The zero-order chi connectivity index (χ0) is 19.9. The van der Waals surface area contributed by atoms with Crippen LogP contribution in [0.25, 0.3) is 0 Å².